The van der Waals surface area contributed by atoms with Crippen LogP contribution in [0.3, 0.4) is 0 Å². The highest BCUT2D eigenvalue weighted by atomic mass is 35.5. The third kappa shape index (κ3) is 4.11. The van der Waals surface area contributed by atoms with Gasteiger partial charge in [-0.15, -0.1) is 11.3 Å². The summed E-state index contributed by atoms with van der Waals surface area (Å²) < 4.78 is 0.622. The Kier molecular flexibility index (Phi) is 5.11. The molecule has 0 radical (unpaired) electrons. The third-order valence-electron chi connectivity index (χ3n) is 2.45. The van der Waals surface area contributed by atoms with Gasteiger partial charge in [-0.1, -0.05) is 34.8 Å². The van der Waals surface area contributed by atoms with Gasteiger partial charge in [0.15, 0.2) is 5.78 Å². The number of hydrogen-bond donors (Lipinski definition) is 1. The average Bonchev–Trinajstić information content (AvgIpc) is 2.78. The predicted molar refractivity (Wildman–Crippen MR) is 83.2 cm³/mol. The standard InChI is InChI=1S/C13H10Cl3NOS/c14-8-1-2-10(9(15)7-8)17-6-5-11(18)12-3-4-13(16)19-12/h1-4,7,17H,5-6H2. The van der Waals surface area contributed by atoms with Crippen LogP contribution in [0.5, 0.6) is 0 Å². The van der Waals surface area contributed by atoms with Crippen molar-refractivity contribution < 1.29 is 4.79 Å². The van der Waals surface area contributed by atoms with E-state index in [0.29, 0.717) is 32.2 Å². The Bertz CT molecular complexity index is 597. The van der Waals surface area contributed by atoms with Crippen LogP contribution in [0.1, 0.15) is 16.1 Å². The van der Waals surface area contributed by atoms with Crippen LogP contribution >= 0.6 is 46.1 Å². The molecule has 1 heterocycles. The Labute approximate surface area is 130 Å². The molecule has 1 N–H and O–H groups in total. The summed E-state index contributed by atoms with van der Waals surface area (Å²) >= 11 is 18.9. The molecule has 0 saturated carbocycles. The number of nitrogens with one attached hydrogen (secondary N) is 1. The Morgan fingerprint density at radius 1 is 1.16 bits per heavy atom. The number of thiophene rings is 1. The lowest BCUT2D eigenvalue weighted by molar-refractivity contribution is 0.0990. The van der Waals surface area contributed by atoms with Gasteiger partial charge in [-0.3, -0.25) is 4.79 Å². The average molecular weight is 335 g/mol. The number of benzene rings is 1. The number of anilines is 1. The quantitative estimate of drug-likeness (QED) is 0.742. The molecule has 2 nitrogen and oxygen atoms in total. The summed E-state index contributed by atoms with van der Waals surface area (Å²) in [6.45, 7) is 0.510. The lowest BCUT2D eigenvalue weighted by atomic mass is 10.2. The topological polar surface area (TPSA) is 29.1 Å². The zero-order valence-electron chi connectivity index (χ0n) is 9.75. The Morgan fingerprint density at radius 2 is 1.95 bits per heavy atom. The van der Waals surface area contributed by atoms with Gasteiger partial charge in [0, 0.05) is 18.0 Å². The molecule has 2 aromatic rings. The van der Waals surface area contributed by atoms with Crippen molar-refractivity contribution in [2.45, 2.75) is 6.42 Å². The molecular weight excluding hydrogens is 325 g/mol. The highest BCUT2D eigenvalue weighted by molar-refractivity contribution is 7.18. The Morgan fingerprint density at radius 3 is 2.58 bits per heavy atom. The zero-order chi connectivity index (χ0) is 13.8. The number of Topliss-reactive ketones (excluding diaryl/α,β-unsaturated/α-hetero) is 1. The smallest absolute Gasteiger partial charge is 0.174 e. The van der Waals surface area contributed by atoms with Gasteiger partial charge >= 0.3 is 0 Å². The molecule has 0 bridgehead atoms. The molecule has 0 aliphatic carbocycles. The molecular formula is C13H10Cl3NOS. The lowest BCUT2D eigenvalue weighted by Gasteiger charge is -2.07. The van der Waals surface area contributed by atoms with Crippen molar-refractivity contribution in [3.05, 3.63) is 49.6 Å². The number of ketones is 1. The van der Waals surface area contributed by atoms with Gasteiger partial charge < -0.3 is 5.32 Å². The summed E-state index contributed by atoms with van der Waals surface area (Å²) in [6.07, 6.45) is 0.385. The molecule has 2 rings (SSSR count). The molecule has 100 valence electrons. The van der Waals surface area contributed by atoms with Gasteiger partial charge in [0.1, 0.15) is 0 Å². The van der Waals surface area contributed by atoms with Crippen LogP contribution in [0.15, 0.2) is 30.3 Å². The monoisotopic (exact) mass is 333 g/mol. The molecule has 6 heteroatoms. The van der Waals surface area contributed by atoms with E-state index >= 15 is 0 Å². The van der Waals surface area contributed by atoms with Gasteiger partial charge in [-0.05, 0) is 30.3 Å². The number of rotatable bonds is 5. The van der Waals surface area contributed by atoms with Gasteiger partial charge in [0.2, 0.25) is 0 Å². The molecule has 0 aliphatic heterocycles. The van der Waals surface area contributed by atoms with Crippen LogP contribution in [0, 0.1) is 0 Å². The summed E-state index contributed by atoms with van der Waals surface area (Å²) in [6, 6.07) is 8.66. The first kappa shape index (κ1) is 14.7. The largest absolute Gasteiger partial charge is 0.383 e. The SMILES string of the molecule is O=C(CCNc1ccc(Cl)cc1Cl)c1ccc(Cl)s1. The normalized spacial score (nSPS) is 10.5. The van der Waals surface area contributed by atoms with E-state index < -0.39 is 0 Å². The molecule has 0 amide bonds. The fourth-order valence-electron chi connectivity index (χ4n) is 1.53. The maximum absolute atomic E-state index is 11.8. The van der Waals surface area contributed by atoms with E-state index in [2.05, 4.69) is 5.32 Å². The predicted octanol–water partition coefficient (Wildman–Crippen LogP) is 5.39. The summed E-state index contributed by atoms with van der Waals surface area (Å²) in [5.74, 6) is 0.0643. The van der Waals surface area contributed by atoms with Crippen molar-refractivity contribution in [3.8, 4) is 0 Å². The molecule has 0 atom stereocenters. The van der Waals surface area contributed by atoms with Gasteiger partial charge in [0.05, 0.1) is 19.9 Å². The van der Waals surface area contributed by atoms with Gasteiger partial charge in [0.25, 0.3) is 0 Å². The van der Waals surface area contributed by atoms with Gasteiger partial charge in [-0.25, -0.2) is 0 Å². The van der Waals surface area contributed by atoms with Crippen molar-refractivity contribution >= 4 is 57.6 Å². The Hall–Kier alpha value is -0.740. The van der Waals surface area contributed by atoms with E-state index in [1.54, 1.807) is 30.3 Å². The van der Waals surface area contributed by atoms with Crippen molar-refractivity contribution in [1.29, 1.82) is 0 Å². The minimum absolute atomic E-state index is 0.0643. The highest BCUT2D eigenvalue weighted by Crippen LogP contribution is 2.26. The molecule has 0 saturated heterocycles. The van der Waals surface area contributed by atoms with E-state index in [1.807, 2.05) is 0 Å². The van der Waals surface area contributed by atoms with Crippen LogP contribution in [0.4, 0.5) is 5.69 Å². The first-order valence-corrected chi connectivity index (χ1v) is 7.49. The maximum atomic E-state index is 11.8. The van der Waals surface area contributed by atoms with Crippen LogP contribution in [-0.2, 0) is 0 Å². The minimum atomic E-state index is 0.0643. The summed E-state index contributed by atoms with van der Waals surface area (Å²) in [5, 5.41) is 4.23. The first-order valence-electron chi connectivity index (χ1n) is 5.54. The molecule has 19 heavy (non-hydrogen) atoms. The second-order valence-corrected chi connectivity index (χ2v) is 6.39. The van der Waals surface area contributed by atoms with E-state index in [0.717, 1.165) is 5.69 Å². The summed E-state index contributed by atoms with van der Waals surface area (Å²) in [7, 11) is 0. The van der Waals surface area contributed by atoms with Crippen LogP contribution in [0.25, 0.3) is 0 Å². The maximum Gasteiger partial charge on any atom is 0.174 e. The molecule has 0 fully saturated rings. The number of halogens is 3. The highest BCUT2D eigenvalue weighted by Gasteiger charge is 2.09. The second kappa shape index (κ2) is 6.62. The van der Waals surface area contributed by atoms with Gasteiger partial charge in [-0.2, -0.15) is 0 Å². The third-order valence-corrected chi connectivity index (χ3v) is 4.27. The minimum Gasteiger partial charge on any atom is -0.383 e. The second-order valence-electron chi connectivity index (χ2n) is 3.83. The first-order chi connectivity index (χ1) is 9.06. The number of carbonyl (C=O) groups excluding carboxylic acids is 1. The summed E-state index contributed by atoms with van der Waals surface area (Å²) in [5.41, 5.74) is 0.767. The van der Waals surface area contributed by atoms with Crippen molar-refractivity contribution in [3.63, 3.8) is 0 Å². The van der Waals surface area contributed by atoms with Crippen molar-refractivity contribution in [2.24, 2.45) is 0 Å². The van der Waals surface area contributed by atoms with Crippen molar-refractivity contribution in [1.82, 2.24) is 0 Å². The van der Waals surface area contributed by atoms with Crippen LogP contribution < -0.4 is 5.32 Å². The fraction of sp³-hybridized carbons (Fsp3) is 0.154. The van der Waals surface area contributed by atoms with E-state index in [9.17, 15) is 4.79 Å². The summed E-state index contributed by atoms with van der Waals surface area (Å²) in [4.78, 5) is 12.5. The number of carbonyl (C=O) groups is 1. The van der Waals surface area contributed by atoms with Crippen molar-refractivity contribution in [2.75, 3.05) is 11.9 Å². The number of hydrogen-bond acceptors (Lipinski definition) is 3. The van der Waals surface area contributed by atoms with Crippen LogP contribution in [-0.4, -0.2) is 12.3 Å². The molecule has 0 spiro atoms. The molecule has 1 aromatic carbocycles. The fourth-order valence-corrected chi connectivity index (χ4v) is 3.02. The van der Waals surface area contributed by atoms with Crippen LogP contribution in [0.2, 0.25) is 14.4 Å². The van der Waals surface area contributed by atoms with E-state index in [4.69, 9.17) is 34.8 Å². The Balaban J connectivity index is 1.88. The van der Waals surface area contributed by atoms with E-state index in [1.165, 1.54) is 11.3 Å². The lowest BCUT2D eigenvalue weighted by Crippen LogP contribution is -2.08. The molecule has 0 aliphatic rings. The molecule has 1 aromatic heterocycles. The van der Waals surface area contributed by atoms with E-state index in [-0.39, 0.29) is 5.78 Å². The molecule has 0 unspecified atom stereocenters. The zero-order valence-corrected chi connectivity index (χ0v) is 12.8.